The van der Waals surface area contributed by atoms with E-state index in [1.165, 1.54) is 0 Å². The van der Waals surface area contributed by atoms with Crippen LogP contribution in [0.25, 0.3) is 0 Å². The van der Waals surface area contributed by atoms with Crippen molar-refractivity contribution in [3.8, 4) is 0 Å². The van der Waals surface area contributed by atoms with E-state index in [0.29, 0.717) is 10.7 Å². The van der Waals surface area contributed by atoms with Crippen LogP contribution >= 0.6 is 11.6 Å². The Bertz CT molecular complexity index is 276. The summed E-state index contributed by atoms with van der Waals surface area (Å²) in [4.78, 5) is 3.87. The van der Waals surface area contributed by atoms with E-state index < -0.39 is 5.54 Å². The summed E-state index contributed by atoms with van der Waals surface area (Å²) in [6.45, 7) is 1.55. The first kappa shape index (κ1) is 9.45. The number of aliphatic hydroxyl groups excluding tert-OH is 1. The highest BCUT2D eigenvalue weighted by molar-refractivity contribution is 6.30. The van der Waals surface area contributed by atoms with Gasteiger partial charge in [0.1, 0.15) is 5.15 Å². The fourth-order valence-electron chi connectivity index (χ4n) is 0.897. The summed E-state index contributed by atoms with van der Waals surface area (Å²) >= 11 is 5.79. The van der Waals surface area contributed by atoms with Gasteiger partial charge < -0.3 is 10.8 Å². The summed E-state index contributed by atoms with van der Waals surface area (Å²) in [5, 5.41) is 9.30. The number of rotatable bonds is 2. The maximum atomic E-state index is 8.96. The molecule has 0 spiro atoms. The van der Waals surface area contributed by atoms with Crippen LogP contribution < -0.4 is 5.73 Å². The Kier molecular flexibility index (Phi) is 2.67. The molecule has 3 nitrogen and oxygen atoms in total. The summed E-state index contributed by atoms with van der Waals surface area (Å²) in [5.74, 6) is 0. The predicted octanol–water partition coefficient (Wildman–Crippen LogP) is 0.901. The normalized spacial score (nSPS) is 15.7. The van der Waals surface area contributed by atoms with Crippen LogP contribution in [0.15, 0.2) is 18.3 Å². The maximum Gasteiger partial charge on any atom is 0.134 e. The van der Waals surface area contributed by atoms with Gasteiger partial charge in [-0.3, -0.25) is 0 Å². The topological polar surface area (TPSA) is 59.1 Å². The average Bonchev–Trinajstić information content (AvgIpc) is 2.05. The van der Waals surface area contributed by atoms with Crippen molar-refractivity contribution in [3.63, 3.8) is 0 Å². The second kappa shape index (κ2) is 3.39. The molecule has 12 heavy (non-hydrogen) atoms. The SMILES string of the molecule is C[C@@](N)(CO)c1cccnc1Cl. The van der Waals surface area contributed by atoms with Crippen molar-refractivity contribution < 1.29 is 5.11 Å². The Labute approximate surface area is 76.2 Å². The zero-order chi connectivity index (χ0) is 9.19. The molecule has 0 saturated heterocycles. The molecule has 0 aliphatic heterocycles. The Balaban J connectivity index is 3.10. The number of nitrogens with zero attached hydrogens (tertiary/aromatic N) is 1. The van der Waals surface area contributed by atoms with Crippen molar-refractivity contribution >= 4 is 11.6 Å². The molecular weight excluding hydrogens is 176 g/mol. The van der Waals surface area contributed by atoms with Gasteiger partial charge in [0.05, 0.1) is 12.1 Å². The van der Waals surface area contributed by atoms with Crippen LogP contribution in [-0.4, -0.2) is 16.7 Å². The van der Waals surface area contributed by atoms with Gasteiger partial charge in [-0.1, -0.05) is 17.7 Å². The summed E-state index contributed by atoms with van der Waals surface area (Å²) in [7, 11) is 0. The van der Waals surface area contributed by atoms with E-state index in [1.54, 1.807) is 25.3 Å². The third-order valence-corrected chi connectivity index (χ3v) is 2.00. The molecule has 0 saturated carbocycles. The molecule has 1 aromatic rings. The smallest absolute Gasteiger partial charge is 0.134 e. The average molecular weight is 187 g/mol. The maximum absolute atomic E-state index is 8.96. The molecule has 4 heteroatoms. The molecule has 0 radical (unpaired) electrons. The van der Waals surface area contributed by atoms with Crippen molar-refractivity contribution in [2.24, 2.45) is 5.73 Å². The number of pyridine rings is 1. The van der Waals surface area contributed by atoms with E-state index in [1.807, 2.05) is 0 Å². The van der Waals surface area contributed by atoms with Crippen LogP contribution in [0.1, 0.15) is 12.5 Å². The molecule has 1 aromatic heterocycles. The lowest BCUT2D eigenvalue weighted by atomic mass is 9.96. The molecule has 0 fully saturated rings. The van der Waals surface area contributed by atoms with Gasteiger partial charge in [0.25, 0.3) is 0 Å². The monoisotopic (exact) mass is 186 g/mol. The summed E-state index contributed by atoms with van der Waals surface area (Å²) in [6, 6.07) is 3.49. The van der Waals surface area contributed by atoms with Crippen LogP contribution in [0.2, 0.25) is 5.15 Å². The first-order chi connectivity index (χ1) is 5.58. The standard InChI is InChI=1S/C8H11ClN2O/c1-8(10,5-12)6-3-2-4-11-7(6)9/h2-4,12H,5,10H2,1H3/t8-/m1/s1. The van der Waals surface area contributed by atoms with Gasteiger partial charge in [-0.25, -0.2) is 4.98 Å². The molecule has 1 atom stereocenters. The van der Waals surface area contributed by atoms with Crippen LogP contribution in [0, 0.1) is 0 Å². The largest absolute Gasteiger partial charge is 0.394 e. The third-order valence-electron chi connectivity index (χ3n) is 1.70. The first-order valence-corrected chi connectivity index (χ1v) is 3.96. The molecule has 0 bridgehead atoms. The minimum absolute atomic E-state index is 0.154. The van der Waals surface area contributed by atoms with Crippen molar-refractivity contribution in [1.29, 1.82) is 0 Å². The minimum Gasteiger partial charge on any atom is -0.394 e. The van der Waals surface area contributed by atoms with E-state index in [0.717, 1.165) is 0 Å². The first-order valence-electron chi connectivity index (χ1n) is 3.58. The number of hydrogen-bond donors (Lipinski definition) is 2. The van der Waals surface area contributed by atoms with Gasteiger partial charge in [-0.2, -0.15) is 0 Å². The highest BCUT2D eigenvalue weighted by atomic mass is 35.5. The lowest BCUT2D eigenvalue weighted by Gasteiger charge is -2.22. The van der Waals surface area contributed by atoms with E-state index in [9.17, 15) is 0 Å². The fraction of sp³-hybridized carbons (Fsp3) is 0.375. The molecule has 0 aliphatic rings. The van der Waals surface area contributed by atoms with Gasteiger partial charge >= 0.3 is 0 Å². The molecule has 1 rings (SSSR count). The molecule has 0 aromatic carbocycles. The number of halogens is 1. The lowest BCUT2D eigenvalue weighted by Crippen LogP contribution is -2.37. The zero-order valence-electron chi connectivity index (χ0n) is 6.79. The second-order valence-electron chi connectivity index (χ2n) is 2.92. The number of nitrogens with two attached hydrogens (primary N) is 1. The Morgan fingerprint density at radius 3 is 2.92 bits per heavy atom. The lowest BCUT2D eigenvalue weighted by molar-refractivity contribution is 0.210. The van der Waals surface area contributed by atoms with E-state index in [4.69, 9.17) is 22.4 Å². The van der Waals surface area contributed by atoms with E-state index >= 15 is 0 Å². The number of hydrogen-bond acceptors (Lipinski definition) is 3. The van der Waals surface area contributed by atoms with E-state index in [2.05, 4.69) is 4.98 Å². The van der Waals surface area contributed by atoms with Crippen molar-refractivity contribution in [1.82, 2.24) is 4.98 Å². The number of aliphatic hydroxyl groups is 1. The van der Waals surface area contributed by atoms with Crippen LogP contribution in [0.4, 0.5) is 0 Å². The fourth-order valence-corrected chi connectivity index (χ4v) is 1.23. The number of aromatic nitrogens is 1. The van der Waals surface area contributed by atoms with Crippen molar-refractivity contribution in [2.45, 2.75) is 12.5 Å². The van der Waals surface area contributed by atoms with E-state index in [-0.39, 0.29) is 6.61 Å². The third kappa shape index (κ3) is 1.75. The van der Waals surface area contributed by atoms with Gasteiger partial charge in [-0.15, -0.1) is 0 Å². The van der Waals surface area contributed by atoms with Gasteiger partial charge in [0, 0.05) is 11.8 Å². The molecule has 3 N–H and O–H groups in total. The van der Waals surface area contributed by atoms with Crippen LogP contribution in [0.5, 0.6) is 0 Å². The van der Waals surface area contributed by atoms with Crippen molar-refractivity contribution in [2.75, 3.05) is 6.61 Å². The Hall–Kier alpha value is -0.640. The highest BCUT2D eigenvalue weighted by Gasteiger charge is 2.22. The second-order valence-corrected chi connectivity index (χ2v) is 3.28. The predicted molar refractivity (Wildman–Crippen MR) is 47.9 cm³/mol. The zero-order valence-corrected chi connectivity index (χ0v) is 7.54. The van der Waals surface area contributed by atoms with Gasteiger partial charge in [0.15, 0.2) is 0 Å². The van der Waals surface area contributed by atoms with Crippen molar-refractivity contribution in [3.05, 3.63) is 29.0 Å². The molecule has 1 heterocycles. The van der Waals surface area contributed by atoms with Gasteiger partial charge in [-0.05, 0) is 13.0 Å². The molecule has 0 aliphatic carbocycles. The highest BCUT2D eigenvalue weighted by Crippen LogP contribution is 2.22. The Morgan fingerprint density at radius 1 is 1.75 bits per heavy atom. The Morgan fingerprint density at radius 2 is 2.42 bits per heavy atom. The summed E-state index contributed by atoms with van der Waals surface area (Å²) in [5.41, 5.74) is 5.61. The quantitative estimate of drug-likeness (QED) is 0.675. The summed E-state index contributed by atoms with van der Waals surface area (Å²) in [6.07, 6.45) is 1.58. The molecular formula is C8H11ClN2O. The molecule has 66 valence electrons. The van der Waals surface area contributed by atoms with Crippen LogP contribution in [0.3, 0.4) is 0 Å². The molecule has 0 amide bonds. The minimum atomic E-state index is -0.814. The molecule has 0 unspecified atom stereocenters. The van der Waals surface area contributed by atoms with Crippen LogP contribution in [-0.2, 0) is 5.54 Å². The summed E-state index contributed by atoms with van der Waals surface area (Å²) < 4.78 is 0. The van der Waals surface area contributed by atoms with Gasteiger partial charge in [0.2, 0.25) is 0 Å².